The van der Waals surface area contributed by atoms with Crippen LogP contribution in [0, 0.1) is 6.92 Å². The van der Waals surface area contributed by atoms with Crippen LogP contribution >= 0.6 is 27.7 Å². The molecule has 5 heteroatoms. The third kappa shape index (κ3) is 3.70. The third-order valence-corrected chi connectivity index (χ3v) is 4.66. The van der Waals surface area contributed by atoms with E-state index < -0.39 is 5.97 Å². The van der Waals surface area contributed by atoms with Crippen molar-refractivity contribution in [3.8, 4) is 0 Å². The average Bonchev–Trinajstić information content (AvgIpc) is 2.42. The van der Waals surface area contributed by atoms with Crippen LogP contribution in [0.3, 0.4) is 0 Å². The van der Waals surface area contributed by atoms with E-state index in [1.165, 1.54) is 7.11 Å². The molecule has 0 bridgehead atoms. The van der Waals surface area contributed by atoms with Gasteiger partial charge in [0.2, 0.25) is 0 Å². The second kappa shape index (κ2) is 7.50. The molecule has 1 aromatic rings. The van der Waals surface area contributed by atoms with Crippen molar-refractivity contribution >= 4 is 39.9 Å². The zero-order chi connectivity index (χ0) is 14.4. The lowest BCUT2D eigenvalue weighted by Crippen LogP contribution is -2.09. The van der Waals surface area contributed by atoms with Crippen molar-refractivity contribution in [2.45, 2.75) is 12.7 Å². The number of benzene rings is 1. The van der Waals surface area contributed by atoms with Crippen LogP contribution in [0.25, 0.3) is 0 Å². The number of thioether (sulfide) groups is 1. The van der Waals surface area contributed by atoms with Gasteiger partial charge in [-0.25, -0.2) is 4.79 Å². The summed E-state index contributed by atoms with van der Waals surface area (Å²) in [5.41, 5.74) is 2.43. The molecule has 3 nitrogen and oxygen atoms in total. The Morgan fingerprint density at radius 3 is 2.79 bits per heavy atom. The molecule has 0 saturated heterocycles. The van der Waals surface area contributed by atoms with Crippen LogP contribution in [0.4, 0.5) is 0 Å². The van der Waals surface area contributed by atoms with Gasteiger partial charge in [0, 0.05) is 21.5 Å². The van der Waals surface area contributed by atoms with Gasteiger partial charge in [0.25, 0.3) is 0 Å². The molecule has 0 aliphatic rings. The smallest absolute Gasteiger partial charge is 0.338 e. The molecule has 0 N–H and O–H groups in total. The summed E-state index contributed by atoms with van der Waals surface area (Å²) in [5, 5.41) is 0. The van der Waals surface area contributed by atoms with Gasteiger partial charge in [-0.3, -0.25) is 4.79 Å². The molecule has 0 spiro atoms. The van der Waals surface area contributed by atoms with Gasteiger partial charge < -0.3 is 4.74 Å². The van der Waals surface area contributed by atoms with E-state index in [-0.39, 0.29) is 0 Å². The highest BCUT2D eigenvalue weighted by atomic mass is 79.9. The lowest BCUT2D eigenvalue weighted by Gasteiger charge is -2.13. The molecule has 0 aliphatic heterocycles. The summed E-state index contributed by atoms with van der Waals surface area (Å²) in [4.78, 5) is 23.0. The Bertz CT molecular complexity index is 512. The predicted molar refractivity (Wildman–Crippen MR) is 82.0 cm³/mol. The molecule has 0 saturated carbocycles. The summed E-state index contributed by atoms with van der Waals surface area (Å²) in [6.07, 6.45) is 2.51. The van der Waals surface area contributed by atoms with Crippen LogP contribution in [-0.2, 0) is 10.5 Å². The number of hydrogen-bond donors (Lipinski definition) is 0. The maximum absolute atomic E-state index is 11.7. The SMILES string of the molecule is C=CCSCc1c(Br)c(C)cc(C(=O)OC)c1C=O. The summed E-state index contributed by atoms with van der Waals surface area (Å²) in [6, 6.07) is 1.67. The fourth-order valence-electron chi connectivity index (χ4n) is 1.68. The third-order valence-electron chi connectivity index (χ3n) is 2.59. The number of hydrogen-bond acceptors (Lipinski definition) is 4. The molecule has 0 heterocycles. The second-order valence-corrected chi connectivity index (χ2v) is 5.68. The van der Waals surface area contributed by atoms with E-state index in [1.54, 1.807) is 23.9 Å². The van der Waals surface area contributed by atoms with E-state index in [2.05, 4.69) is 22.5 Å². The predicted octanol–water partition coefficient (Wildman–Crippen LogP) is 3.78. The van der Waals surface area contributed by atoms with Crippen LogP contribution in [0.15, 0.2) is 23.2 Å². The van der Waals surface area contributed by atoms with Gasteiger partial charge in [0.05, 0.1) is 12.7 Å². The Labute approximate surface area is 125 Å². The number of carbonyl (C=O) groups is 2. The lowest BCUT2D eigenvalue weighted by molar-refractivity contribution is 0.0598. The van der Waals surface area contributed by atoms with Gasteiger partial charge >= 0.3 is 5.97 Å². The highest BCUT2D eigenvalue weighted by Gasteiger charge is 2.19. The number of esters is 1. The lowest BCUT2D eigenvalue weighted by atomic mass is 10.00. The Morgan fingerprint density at radius 2 is 2.26 bits per heavy atom. The van der Waals surface area contributed by atoms with Gasteiger partial charge in [0.15, 0.2) is 6.29 Å². The molecule has 0 atom stereocenters. The monoisotopic (exact) mass is 342 g/mol. The topological polar surface area (TPSA) is 43.4 Å². The minimum absolute atomic E-state index is 0.312. The van der Waals surface area contributed by atoms with Crippen LogP contribution in [-0.4, -0.2) is 25.1 Å². The van der Waals surface area contributed by atoms with Gasteiger partial charge in [-0.15, -0.1) is 6.58 Å². The molecule has 0 aliphatic carbocycles. The summed E-state index contributed by atoms with van der Waals surface area (Å²) >= 11 is 5.11. The summed E-state index contributed by atoms with van der Waals surface area (Å²) in [6.45, 7) is 5.54. The van der Waals surface area contributed by atoms with E-state index in [0.29, 0.717) is 23.2 Å². The van der Waals surface area contributed by atoms with E-state index >= 15 is 0 Å². The second-order valence-electron chi connectivity index (χ2n) is 3.86. The summed E-state index contributed by atoms with van der Waals surface area (Å²) in [7, 11) is 1.31. The van der Waals surface area contributed by atoms with E-state index in [0.717, 1.165) is 21.4 Å². The molecular weight excluding hydrogens is 328 g/mol. The zero-order valence-corrected chi connectivity index (χ0v) is 13.3. The van der Waals surface area contributed by atoms with Crippen molar-refractivity contribution in [1.29, 1.82) is 0 Å². The molecule has 1 rings (SSSR count). The number of rotatable bonds is 6. The zero-order valence-electron chi connectivity index (χ0n) is 10.9. The number of aldehydes is 1. The highest BCUT2D eigenvalue weighted by Crippen LogP contribution is 2.30. The molecule has 19 heavy (non-hydrogen) atoms. The maximum atomic E-state index is 11.7. The van der Waals surface area contributed by atoms with Crippen molar-refractivity contribution < 1.29 is 14.3 Å². The first kappa shape index (κ1) is 16.0. The van der Waals surface area contributed by atoms with Crippen molar-refractivity contribution in [1.82, 2.24) is 0 Å². The van der Waals surface area contributed by atoms with Crippen molar-refractivity contribution in [2.24, 2.45) is 0 Å². The molecule has 1 aromatic carbocycles. The Hall–Kier alpha value is -1.07. The minimum Gasteiger partial charge on any atom is -0.465 e. The Kier molecular flexibility index (Phi) is 6.31. The Morgan fingerprint density at radius 1 is 1.58 bits per heavy atom. The first-order chi connectivity index (χ1) is 9.06. The fourth-order valence-corrected chi connectivity index (χ4v) is 3.12. The van der Waals surface area contributed by atoms with Gasteiger partial charge in [-0.1, -0.05) is 22.0 Å². The molecule has 0 radical (unpaired) electrons. The summed E-state index contributed by atoms with van der Waals surface area (Å²) < 4.78 is 5.58. The van der Waals surface area contributed by atoms with E-state index in [1.807, 2.05) is 6.92 Å². The Balaban J connectivity index is 3.32. The number of carbonyl (C=O) groups excluding carboxylic acids is 2. The number of methoxy groups -OCH3 is 1. The van der Waals surface area contributed by atoms with E-state index in [9.17, 15) is 9.59 Å². The fraction of sp³-hybridized carbons (Fsp3) is 0.286. The van der Waals surface area contributed by atoms with Crippen LogP contribution in [0.5, 0.6) is 0 Å². The van der Waals surface area contributed by atoms with Crippen LogP contribution in [0.2, 0.25) is 0 Å². The van der Waals surface area contributed by atoms with Crippen molar-refractivity contribution in [3.63, 3.8) is 0 Å². The number of aryl methyl sites for hydroxylation is 1. The van der Waals surface area contributed by atoms with E-state index in [4.69, 9.17) is 4.74 Å². The normalized spacial score (nSPS) is 10.1. The first-order valence-corrected chi connectivity index (χ1v) is 7.55. The van der Waals surface area contributed by atoms with Crippen molar-refractivity contribution in [2.75, 3.05) is 12.9 Å². The van der Waals surface area contributed by atoms with Gasteiger partial charge in [-0.2, -0.15) is 11.8 Å². The number of halogens is 1. The molecule has 0 aromatic heterocycles. The van der Waals surface area contributed by atoms with Crippen molar-refractivity contribution in [3.05, 3.63) is 45.4 Å². The number of ether oxygens (including phenoxy) is 1. The van der Waals surface area contributed by atoms with Gasteiger partial charge in [-0.05, 0) is 24.1 Å². The molecule has 102 valence electrons. The maximum Gasteiger partial charge on any atom is 0.338 e. The highest BCUT2D eigenvalue weighted by molar-refractivity contribution is 9.10. The molecule has 0 unspecified atom stereocenters. The largest absolute Gasteiger partial charge is 0.465 e. The van der Waals surface area contributed by atoms with Gasteiger partial charge in [0.1, 0.15) is 0 Å². The van der Waals surface area contributed by atoms with Crippen LogP contribution in [0.1, 0.15) is 31.8 Å². The molecule has 0 amide bonds. The first-order valence-electron chi connectivity index (χ1n) is 5.60. The summed E-state index contributed by atoms with van der Waals surface area (Å²) in [5.74, 6) is 0.922. The minimum atomic E-state index is -0.493. The average molecular weight is 343 g/mol. The molecular formula is C14H15BrO3S. The standard InChI is InChI=1S/C14H15BrO3S/c1-4-5-19-8-12-11(7-16)10(14(17)18-3)6-9(2)13(12)15/h4,6-7H,1,5,8H2,2-3H3. The quantitative estimate of drug-likeness (QED) is 0.341. The molecule has 0 fully saturated rings. The van der Waals surface area contributed by atoms with Crippen LogP contribution < -0.4 is 0 Å².